The molecule has 1 aromatic carbocycles. The summed E-state index contributed by atoms with van der Waals surface area (Å²) in [6.07, 6.45) is 11.6. The van der Waals surface area contributed by atoms with Crippen molar-refractivity contribution in [2.45, 2.75) is 13.8 Å². The number of carboxylic acids is 2. The Morgan fingerprint density at radius 1 is 0.774 bits per heavy atom. The molecule has 3 rings (SSSR count). The summed E-state index contributed by atoms with van der Waals surface area (Å²) in [6.45, 7) is 1.94. The molecule has 2 amide bonds. The van der Waals surface area contributed by atoms with Gasteiger partial charge in [0.1, 0.15) is 13.1 Å². The zero-order chi connectivity index (χ0) is 22.5. The number of rotatable bonds is 4. The van der Waals surface area contributed by atoms with E-state index in [4.69, 9.17) is 10.2 Å². The summed E-state index contributed by atoms with van der Waals surface area (Å²) in [4.78, 5) is 39.3. The Balaban J connectivity index is 0.000000465. The van der Waals surface area contributed by atoms with Crippen molar-refractivity contribution in [3.63, 3.8) is 0 Å². The number of benzene rings is 1. The van der Waals surface area contributed by atoms with Crippen LogP contribution in [-0.4, -0.2) is 47.1 Å². The van der Waals surface area contributed by atoms with Crippen molar-refractivity contribution in [1.29, 1.82) is 0 Å². The molecule has 1 aromatic rings. The fourth-order valence-electron chi connectivity index (χ4n) is 2.08. The molecule has 0 bridgehead atoms. The van der Waals surface area contributed by atoms with Gasteiger partial charge in [0.2, 0.25) is 11.8 Å². The molecule has 31 heavy (non-hydrogen) atoms. The number of fused-ring (bicyclic) bond motifs is 3. The zero-order valence-corrected chi connectivity index (χ0v) is 17.7. The zero-order valence-electron chi connectivity index (χ0n) is 16.8. The van der Waals surface area contributed by atoms with E-state index in [1.54, 1.807) is 12.4 Å². The largest absolute Gasteiger partial charge is 2.00 e. The summed E-state index contributed by atoms with van der Waals surface area (Å²) in [6, 6.07) is 4.15. The molecule has 0 atom stereocenters. The number of nitrogens with zero attached hydrogens (tertiary/aromatic N) is 2. The van der Waals surface area contributed by atoms with Crippen LogP contribution in [-0.2, 0) is 36.2 Å². The van der Waals surface area contributed by atoms with Crippen molar-refractivity contribution in [1.82, 2.24) is 10.6 Å². The van der Waals surface area contributed by atoms with Gasteiger partial charge in [-0.25, -0.2) is 0 Å². The third-order valence-electron chi connectivity index (χ3n) is 3.32. The van der Waals surface area contributed by atoms with E-state index in [0.29, 0.717) is 0 Å². The van der Waals surface area contributed by atoms with Gasteiger partial charge in [0.15, 0.2) is 0 Å². The molecule has 169 valence electrons. The molecule has 0 saturated carbocycles. The third-order valence-corrected chi connectivity index (χ3v) is 3.32. The first kappa shape index (κ1) is 27.4. The molecular formula is C20H22CuN4O6. The Bertz CT molecular complexity index is 881. The van der Waals surface area contributed by atoms with Crippen LogP contribution < -0.4 is 21.1 Å². The summed E-state index contributed by atoms with van der Waals surface area (Å²) < 4.78 is 0. The molecule has 10 nitrogen and oxygen atoms in total. The smallest absolute Gasteiger partial charge is 0.665 e. The van der Waals surface area contributed by atoms with Gasteiger partial charge in [-0.15, -0.1) is 11.4 Å². The Morgan fingerprint density at radius 2 is 1.13 bits per heavy atom. The van der Waals surface area contributed by atoms with Crippen LogP contribution in [0.3, 0.4) is 0 Å². The van der Waals surface area contributed by atoms with Crippen molar-refractivity contribution in [2.24, 2.45) is 0 Å². The van der Waals surface area contributed by atoms with Crippen LogP contribution in [0, 0.1) is 0 Å². The maximum absolute atomic E-state index is 9.97. The van der Waals surface area contributed by atoms with Crippen LogP contribution in [0.25, 0.3) is 22.8 Å². The van der Waals surface area contributed by atoms with Crippen molar-refractivity contribution >= 4 is 47.3 Å². The molecule has 11 heteroatoms. The van der Waals surface area contributed by atoms with Crippen LogP contribution in [0.1, 0.15) is 13.8 Å². The molecule has 2 aliphatic rings. The van der Waals surface area contributed by atoms with Crippen LogP contribution in [0.4, 0.5) is 11.4 Å². The summed E-state index contributed by atoms with van der Waals surface area (Å²) in [5.41, 5.74) is 1.95. The topological polar surface area (TPSA) is 161 Å². The minimum Gasteiger partial charge on any atom is -0.665 e. The molecule has 0 fully saturated rings. The van der Waals surface area contributed by atoms with E-state index >= 15 is 0 Å². The number of carbonyl (C=O) groups is 4. The molecule has 0 spiro atoms. The monoisotopic (exact) mass is 477 g/mol. The van der Waals surface area contributed by atoms with Gasteiger partial charge in [0.25, 0.3) is 0 Å². The number of allylic oxidation sites excluding steroid dienone is 2. The molecular weight excluding hydrogens is 456 g/mol. The van der Waals surface area contributed by atoms with Gasteiger partial charge in [0, 0.05) is 13.8 Å². The maximum atomic E-state index is 9.97. The average molecular weight is 478 g/mol. The first-order valence-electron chi connectivity index (χ1n) is 8.71. The SMILES string of the molecule is C1=C[N-]c2c3c(ccc2=C1)=CC=C[N-]3.CC(=O)NCC(=O)O.CC(=O)NCC(=O)O.[Cu+2]. The molecule has 0 saturated heterocycles. The van der Waals surface area contributed by atoms with Crippen molar-refractivity contribution in [2.75, 3.05) is 13.1 Å². The van der Waals surface area contributed by atoms with Gasteiger partial charge in [-0.1, -0.05) is 36.4 Å². The number of amides is 2. The van der Waals surface area contributed by atoms with Crippen molar-refractivity contribution in [3.05, 3.63) is 57.8 Å². The third kappa shape index (κ3) is 11.3. The maximum Gasteiger partial charge on any atom is 2.00 e. The molecule has 2 aliphatic heterocycles. The quantitative estimate of drug-likeness (QED) is 0.467. The molecule has 2 heterocycles. The second-order valence-electron chi connectivity index (χ2n) is 5.82. The Hall–Kier alpha value is -3.56. The van der Waals surface area contributed by atoms with E-state index in [-0.39, 0.29) is 42.0 Å². The predicted molar refractivity (Wildman–Crippen MR) is 112 cm³/mol. The predicted octanol–water partition coefficient (Wildman–Crippen LogP) is 0.724. The van der Waals surface area contributed by atoms with E-state index in [1.807, 2.05) is 12.2 Å². The standard InChI is InChI=1S/C12H8N2.2C4H7NO3.Cu/c1-3-9-5-6-10-4-2-8-14-12(10)11(9)13-7-1;2*1-3(6)5-2-4(7)8;/h1-8H;2*2H2,1H3,(H,5,6)(H,7,8);/q-2;;;+2. The van der Waals surface area contributed by atoms with Crippen molar-refractivity contribution < 1.29 is 46.5 Å². The van der Waals surface area contributed by atoms with Gasteiger partial charge >= 0.3 is 29.0 Å². The van der Waals surface area contributed by atoms with E-state index in [1.165, 1.54) is 13.8 Å². The van der Waals surface area contributed by atoms with Crippen LogP contribution in [0.15, 0.2) is 36.7 Å². The normalized spacial score (nSPS) is 11.2. The molecule has 4 N–H and O–H groups in total. The van der Waals surface area contributed by atoms with Gasteiger partial charge in [-0.05, 0) is 10.4 Å². The summed E-state index contributed by atoms with van der Waals surface area (Å²) in [5.74, 6) is -2.71. The number of hydrogen-bond acceptors (Lipinski definition) is 4. The molecule has 1 radical (unpaired) electrons. The van der Waals surface area contributed by atoms with E-state index in [2.05, 4.69) is 45.6 Å². The fourth-order valence-corrected chi connectivity index (χ4v) is 2.08. The molecule has 0 aromatic heterocycles. The fraction of sp³-hybridized carbons (Fsp3) is 0.200. The Morgan fingerprint density at radius 3 is 1.39 bits per heavy atom. The Labute approximate surface area is 189 Å². The number of carboxylic acid groups (broad SMARTS) is 2. The summed E-state index contributed by atoms with van der Waals surface area (Å²) in [7, 11) is 0. The number of hydrogen-bond donors (Lipinski definition) is 4. The minimum atomic E-state index is -1.03. The van der Waals surface area contributed by atoms with Crippen molar-refractivity contribution in [3.8, 4) is 0 Å². The average Bonchev–Trinajstić information content (AvgIpc) is 2.71. The summed E-state index contributed by atoms with van der Waals surface area (Å²) >= 11 is 0. The van der Waals surface area contributed by atoms with E-state index < -0.39 is 11.9 Å². The second kappa shape index (κ2) is 14.4. The molecule has 0 unspecified atom stereocenters. The second-order valence-corrected chi connectivity index (χ2v) is 5.82. The first-order chi connectivity index (χ1) is 14.2. The summed E-state index contributed by atoms with van der Waals surface area (Å²) in [5, 5.41) is 31.1. The number of carbonyl (C=O) groups excluding carboxylic acids is 2. The number of nitrogens with one attached hydrogen (secondary N) is 2. The Kier molecular flexibility index (Phi) is 12.8. The number of aliphatic carboxylic acids is 2. The van der Waals surface area contributed by atoms with Gasteiger partial charge < -0.3 is 31.5 Å². The van der Waals surface area contributed by atoms with Crippen LogP contribution >= 0.6 is 0 Å². The minimum absolute atomic E-state index is 0. The van der Waals surface area contributed by atoms with E-state index in [9.17, 15) is 19.2 Å². The van der Waals surface area contributed by atoms with Crippen LogP contribution in [0.5, 0.6) is 0 Å². The van der Waals surface area contributed by atoms with E-state index in [0.717, 1.165) is 21.8 Å². The van der Waals surface area contributed by atoms with Gasteiger partial charge in [0.05, 0.1) is 0 Å². The van der Waals surface area contributed by atoms with Gasteiger partial charge in [-0.2, -0.15) is 12.4 Å². The van der Waals surface area contributed by atoms with Crippen LogP contribution in [0.2, 0.25) is 0 Å². The molecule has 0 aliphatic carbocycles. The van der Waals surface area contributed by atoms with Gasteiger partial charge in [-0.3, -0.25) is 19.2 Å². The first-order valence-corrected chi connectivity index (χ1v) is 8.71.